The summed E-state index contributed by atoms with van der Waals surface area (Å²) in [5.41, 5.74) is 4.91. The molecule has 2 aromatic rings. The Morgan fingerprint density at radius 2 is 1.94 bits per heavy atom. The maximum Gasteiger partial charge on any atom is 0.272 e. The Labute approximate surface area is 188 Å². The lowest BCUT2D eigenvalue weighted by Crippen LogP contribution is -2.46. The van der Waals surface area contributed by atoms with Gasteiger partial charge in [0, 0.05) is 14.2 Å². The van der Waals surface area contributed by atoms with Crippen LogP contribution in [-0.2, 0) is 12.5 Å². The molecule has 31 heavy (non-hydrogen) atoms. The first kappa shape index (κ1) is 22.1. The second-order valence-electron chi connectivity index (χ2n) is 10.9. The predicted molar refractivity (Wildman–Crippen MR) is 127 cm³/mol. The summed E-state index contributed by atoms with van der Waals surface area (Å²) >= 11 is 0. The van der Waals surface area contributed by atoms with Crippen LogP contribution in [0.5, 0.6) is 0 Å². The van der Waals surface area contributed by atoms with Gasteiger partial charge in [-0.25, -0.2) is 0 Å². The molecular weight excluding hydrogens is 384 g/mol. The van der Waals surface area contributed by atoms with Crippen molar-refractivity contribution in [2.75, 3.05) is 19.6 Å². The van der Waals surface area contributed by atoms with Crippen LogP contribution >= 0.6 is 0 Å². The molecule has 2 heterocycles. The van der Waals surface area contributed by atoms with Crippen LogP contribution in [0, 0.1) is 12.3 Å². The molecule has 1 N–H and O–H groups in total. The minimum atomic E-state index is -0.0727. The van der Waals surface area contributed by atoms with Gasteiger partial charge in [0.15, 0.2) is 0 Å². The normalized spacial score (nSPS) is 21.1. The number of rotatable bonds is 4. The van der Waals surface area contributed by atoms with Crippen molar-refractivity contribution in [1.82, 2.24) is 20.0 Å². The third-order valence-electron chi connectivity index (χ3n) is 7.46. The van der Waals surface area contributed by atoms with Crippen molar-refractivity contribution < 1.29 is 6.22 Å². The van der Waals surface area contributed by atoms with Crippen molar-refractivity contribution in [2.24, 2.45) is 12.5 Å². The Balaban J connectivity index is 0.00000289. The molecule has 1 atom stereocenters. The first-order valence-electron chi connectivity index (χ1n) is 11.8. The summed E-state index contributed by atoms with van der Waals surface area (Å²) < 4.78 is 1.76. The van der Waals surface area contributed by atoms with Crippen LogP contribution in [0.1, 0.15) is 87.7 Å². The number of aromatic nitrogens is 2. The summed E-state index contributed by atoms with van der Waals surface area (Å²) in [7, 11) is 1.87. The van der Waals surface area contributed by atoms with Crippen LogP contribution in [0.25, 0.3) is 0 Å². The van der Waals surface area contributed by atoms with E-state index < -0.39 is 0 Å². The highest BCUT2D eigenvalue weighted by Gasteiger charge is 2.42. The third-order valence-corrected chi connectivity index (χ3v) is 7.46. The molecule has 1 aliphatic carbocycles. The molecule has 1 fully saturated rings. The fraction of sp³-hybridized carbons (Fsp3) is 0.615. The minimum Gasteiger partial charge on any atom is -0.344 e. The largest absolute Gasteiger partial charge is 0.344 e. The highest BCUT2D eigenvalue weighted by Crippen LogP contribution is 2.48. The van der Waals surface area contributed by atoms with Crippen molar-refractivity contribution in [3.05, 3.63) is 52.8 Å². The molecule has 0 bridgehead atoms. The topological polar surface area (TPSA) is 50.2 Å². The lowest BCUT2D eigenvalue weighted by Gasteiger charge is -2.47. The van der Waals surface area contributed by atoms with E-state index in [9.17, 15) is 4.79 Å². The van der Waals surface area contributed by atoms with E-state index in [1.54, 1.807) is 4.68 Å². The SMILES string of the molecule is Cc1cc(C(=O)N[C@@H]2CCC3(CCN(CCC(C)(C)C)CC3)c3ccccc32)nn1C.[HH]. The minimum absolute atomic E-state index is 0. The van der Waals surface area contributed by atoms with E-state index in [1.807, 2.05) is 20.0 Å². The molecule has 0 radical (unpaired) electrons. The molecule has 1 aromatic heterocycles. The fourth-order valence-corrected chi connectivity index (χ4v) is 5.27. The van der Waals surface area contributed by atoms with Gasteiger partial charge in [-0.1, -0.05) is 45.0 Å². The third kappa shape index (κ3) is 4.72. The Bertz CT molecular complexity index is 918. The quantitative estimate of drug-likeness (QED) is 0.751. The number of aryl methyl sites for hydroxylation is 2. The molecular formula is C26H40N4O. The van der Waals surface area contributed by atoms with Crippen LogP contribution in [0.2, 0.25) is 0 Å². The maximum absolute atomic E-state index is 12.9. The maximum atomic E-state index is 12.9. The van der Waals surface area contributed by atoms with E-state index in [4.69, 9.17) is 0 Å². The molecule has 1 aromatic carbocycles. The lowest BCUT2D eigenvalue weighted by atomic mass is 9.63. The number of carbonyl (C=O) groups excluding carboxylic acids is 1. The number of hydrogen-bond acceptors (Lipinski definition) is 3. The highest BCUT2D eigenvalue weighted by molar-refractivity contribution is 5.92. The number of likely N-dealkylation sites (tertiary alicyclic amines) is 1. The fourth-order valence-electron chi connectivity index (χ4n) is 5.27. The zero-order valence-electron chi connectivity index (χ0n) is 19.9. The van der Waals surface area contributed by atoms with Gasteiger partial charge in [0.25, 0.3) is 5.91 Å². The smallest absolute Gasteiger partial charge is 0.272 e. The number of piperidine rings is 1. The Morgan fingerprint density at radius 3 is 2.58 bits per heavy atom. The molecule has 170 valence electrons. The Kier molecular flexibility index (Phi) is 5.99. The second-order valence-corrected chi connectivity index (χ2v) is 10.9. The predicted octanol–water partition coefficient (Wildman–Crippen LogP) is 5.01. The van der Waals surface area contributed by atoms with Gasteiger partial charge >= 0.3 is 0 Å². The average Bonchev–Trinajstić information content (AvgIpc) is 3.08. The van der Waals surface area contributed by atoms with Crippen LogP contribution in [0.4, 0.5) is 0 Å². The molecule has 5 heteroatoms. The number of amides is 1. The van der Waals surface area contributed by atoms with Crippen molar-refractivity contribution in [3.8, 4) is 0 Å². The average molecular weight is 425 g/mol. The molecule has 0 unspecified atom stereocenters. The monoisotopic (exact) mass is 424 g/mol. The van der Waals surface area contributed by atoms with Crippen LogP contribution in [-0.4, -0.2) is 40.2 Å². The summed E-state index contributed by atoms with van der Waals surface area (Å²) in [4.78, 5) is 15.5. The van der Waals surface area contributed by atoms with Gasteiger partial charge in [0.2, 0.25) is 0 Å². The molecule has 1 saturated heterocycles. The number of carbonyl (C=O) groups is 1. The Morgan fingerprint density at radius 1 is 1.23 bits per heavy atom. The number of benzene rings is 1. The summed E-state index contributed by atoms with van der Waals surface area (Å²) in [5.74, 6) is -0.0727. The van der Waals surface area contributed by atoms with E-state index in [0.29, 0.717) is 11.1 Å². The zero-order valence-corrected chi connectivity index (χ0v) is 19.9. The number of fused-ring (bicyclic) bond motifs is 2. The van der Waals surface area contributed by atoms with Crippen LogP contribution in [0.3, 0.4) is 0 Å². The summed E-state index contributed by atoms with van der Waals surface area (Å²) in [6.07, 6.45) is 5.82. The lowest BCUT2D eigenvalue weighted by molar-refractivity contribution is 0.0908. The molecule has 1 aliphatic heterocycles. The van der Waals surface area contributed by atoms with Gasteiger partial charge in [-0.15, -0.1) is 0 Å². The van der Waals surface area contributed by atoms with Crippen molar-refractivity contribution in [1.29, 1.82) is 0 Å². The standard InChI is InChI=1S/C26H38N4O.H2/c1-19-18-23(28-29(19)5)24(31)27-22-10-11-26(21-9-7-6-8-20(21)22)13-16-30(17-14-26)15-12-25(2,3)4;/h6-9,18,22H,10-17H2,1-5H3,(H,27,31);1H/t22-;/m1./s1. The van der Waals surface area contributed by atoms with Gasteiger partial charge in [-0.3, -0.25) is 9.48 Å². The summed E-state index contributed by atoms with van der Waals surface area (Å²) in [6.45, 7) is 12.5. The number of nitrogens with one attached hydrogen (secondary N) is 1. The molecule has 1 amide bonds. The van der Waals surface area contributed by atoms with Gasteiger partial charge in [0.1, 0.15) is 5.69 Å². The van der Waals surface area contributed by atoms with E-state index in [2.05, 4.69) is 60.4 Å². The van der Waals surface area contributed by atoms with Crippen molar-refractivity contribution in [2.45, 2.75) is 71.3 Å². The number of hydrogen-bond donors (Lipinski definition) is 1. The van der Waals surface area contributed by atoms with Crippen molar-refractivity contribution >= 4 is 5.91 Å². The molecule has 0 saturated carbocycles. The van der Waals surface area contributed by atoms with E-state index in [1.165, 1.54) is 50.0 Å². The van der Waals surface area contributed by atoms with Gasteiger partial charge in [-0.2, -0.15) is 5.10 Å². The first-order valence-corrected chi connectivity index (χ1v) is 11.8. The van der Waals surface area contributed by atoms with E-state index >= 15 is 0 Å². The molecule has 2 aliphatic rings. The summed E-state index contributed by atoms with van der Waals surface area (Å²) in [6, 6.07) is 10.7. The summed E-state index contributed by atoms with van der Waals surface area (Å²) in [5, 5.41) is 7.63. The van der Waals surface area contributed by atoms with Gasteiger partial charge in [-0.05, 0) is 86.7 Å². The van der Waals surface area contributed by atoms with Crippen LogP contribution in [0.15, 0.2) is 30.3 Å². The van der Waals surface area contributed by atoms with Crippen LogP contribution < -0.4 is 5.32 Å². The molecule has 1 spiro atoms. The highest BCUT2D eigenvalue weighted by atomic mass is 16.2. The van der Waals surface area contributed by atoms with Gasteiger partial charge in [0.05, 0.1) is 6.04 Å². The Hall–Kier alpha value is -2.14. The van der Waals surface area contributed by atoms with E-state index in [0.717, 1.165) is 18.5 Å². The molecule has 5 nitrogen and oxygen atoms in total. The first-order chi connectivity index (χ1) is 14.7. The van der Waals surface area contributed by atoms with Crippen molar-refractivity contribution in [3.63, 3.8) is 0 Å². The zero-order chi connectivity index (χ0) is 22.2. The number of nitrogens with zero attached hydrogens (tertiary/aromatic N) is 3. The second kappa shape index (κ2) is 8.42. The van der Waals surface area contributed by atoms with Gasteiger partial charge < -0.3 is 10.2 Å². The molecule has 4 rings (SSSR count). The van der Waals surface area contributed by atoms with E-state index in [-0.39, 0.29) is 18.8 Å².